The molecule has 79 heavy (non-hydrogen) atoms. The Kier molecular flexibility index (Phi) is 16.0. The summed E-state index contributed by atoms with van der Waals surface area (Å²) in [5.74, 6) is 7.66. The average molecular weight is 1080 g/mol. The molecule has 2 aliphatic carbocycles. The van der Waals surface area contributed by atoms with Crippen molar-refractivity contribution in [3.8, 4) is 40.6 Å². The normalized spacial score (nSPS) is 28.6. The lowest BCUT2D eigenvalue weighted by atomic mass is 9.62. The van der Waals surface area contributed by atoms with E-state index >= 15 is 0 Å². The molecule has 2 saturated heterocycles. The zero-order valence-electron chi connectivity index (χ0n) is 45.1. The fourth-order valence-corrected chi connectivity index (χ4v) is 13.7. The number of aromatic nitrogens is 3. The molecule has 2 bridgehead atoms. The molecule has 418 valence electrons. The molecule has 11 unspecified atom stereocenters. The maximum absolute atomic E-state index is 12.9. The van der Waals surface area contributed by atoms with Crippen LogP contribution in [0.25, 0.3) is 10.9 Å². The van der Waals surface area contributed by atoms with Gasteiger partial charge in [0, 0.05) is 106 Å². The van der Waals surface area contributed by atoms with Crippen LogP contribution in [0.15, 0.2) is 102 Å². The van der Waals surface area contributed by atoms with Crippen LogP contribution in [0.2, 0.25) is 0 Å². The number of carbonyl (C=O) groups excluding carboxylic acids is 1. The van der Waals surface area contributed by atoms with Crippen LogP contribution in [0.5, 0.6) is 28.7 Å². The van der Waals surface area contributed by atoms with Gasteiger partial charge in [-0.1, -0.05) is 30.0 Å². The molecule has 11 rings (SSSR count). The number of phenolic OH excluding ortho intramolecular Hbond substituents is 3. The van der Waals surface area contributed by atoms with Crippen LogP contribution in [-0.2, 0) is 33.5 Å². The zero-order chi connectivity index (χ0) is 54.6. The molecule has 4 fully saturated rings. The lowest BCUT2D eigenvalue weighted by Gasteiger charge is -2.56. The fraction of sp³-hybridized carbons (Fsp3) is 0.492. The van der Waals surface area contributed by atoms with Crippen molar-refractivity contribution in [1.82, 2.24) is 35.8 Å². The molecule has 18 nitrogen and oxygen atoms in total. The number of aliphatic hydroxyl groups is 1. The van der Waals surface area contributed by atoms with E-state index in [0.717, 1.165) is 59.8 Å². The van der Waals surface area contributed by atoms with Crippen molar-refractivity contribution in [3.05, 3.63) is 119 Å². The third kappa shape index (κ3) is 11.3. The van der Waals surface area contributed by atoms with Gasteiger partial charge < -0.3 is 75.9 Å². The highest BCUT2D eigenvalue weighted by atomic mass is 16.6. The second kappa shape index (κ2) is 23.6. The minimum atomic E-state index is -0.714. The Bertz CT molecular complexity index is 3140. The van der Waals surface area contributed by atoms with Crippen LogP contribution in [-0.4, -0.2) is 111 Å². The lowest BCUT2D eigenvalue weighted by molar-refractivity contribution is -0.196. The number of hydrogen-bond donors (Lipinski definition) is 10. The van der Waals surface area contributed by atoms with Gasteiger partial charge in [-0.2, -0.15) is 0 Å². The standard InChI is InChI=1S/C61H75N9O9/c1-36(72)77-53-32-52(41-30-50(74)57(75)55(31-41)76-26-19-38-8-4-21-64-33-38)79-58-43(53)14-12-40-13-15-45-51(78-54-28-39(27-44(40)58)11-16-49(54)73)10-3-20-61(45)46(34-63-2)59(70-35-47-42(18-24-65-47)48(70)9-6-25-71)68-60(69-61)67-22-5-7-37-17-23-66-56(62)29-37/h4,8,11,16-18,21,24,28-31,33,35,40,43-46,51-53,58-59,63,65-66,71,73-75H,3,5-7,9-10,12,14,19-20,22-23,25-27,32,34,62H2,1-2H3,(H2,67,68,69). The predicted molar refractivity (Wildman–Crippen MR) is 299 cm³/mol. The van der Waals surface area contributed by atoms with E-state index in [-0.39, 0.29) is 72.0 Å². The number of guanidine groups is 1. The van der Waals surface area contributed by atoms with Gasteiger partial charge in [-0.15, -0.1) is 0 Å². The number of hydrogen-bond acceptors (Lipinski definition) is 14. The summed E-state index contributed by atoms with van der Waals surface area (Å²) in [7, 11) is 1.99. The van der Waals surface area contributed by atoms with Crippen molar-refractivity contribution in [2.24, 2.45) is 40.3 Å². The Hall–Kier alpha value is -7.33. The van der Waals surface area contributed by atoms with E-state index in [0.29, 0.717) is 87.7 Å². The number of phenols is 3. The van der Waals surface area contributed by atoms with Crippen LogP contribution in [0.1, 0.15) is 99.4 Å². The number of nitrogens with one attached hydrogen (secondary N) is 5. The number of aliphatic hydroxyl groups excluding tert-OH is 1. The Morgan fingerprint density at radius 2 is 1.95 bits per heavy atom. The first-order chi connectivity index (χ1) is 38.5. The van der Waals surface area contributed by atoms with Gasteiger partial charge in [0.25, 0.3) is 0 Å². The minimum absolute atomic E-state index is 0.0449. The molecule has 3 aromatic heterocycles. The highest BCUT2D eigenvalue weighted by Gasteiger charge is 2.57. The monoisotopic (exact) mass is 1080 g/mol. The quantitative estimate of drug-likeness (QED) is 0.0214. The van der Waals surface area contributed by atoms with E-state index in [2.05, 4.69) is 66.0 Å². The van der Waals surface area contributed by atoms with Gasteiger partial charge in [-0.05, 0) is 136 Å². The van der Waals surface area contributed by atoms with Crippen molar-refractivity contribution in [3.63, 3.8) is 0 Å². The number of H-pyrrole nitrogens is 1. The number of aryl methyl sites for hydroxylation is 1. The maximum atomic E-state index is 12.9. The number of benzene rings is 2. The first kappa shape index (κ1) is 53.7. The minimum Gasteiger partial charge on any atom is -0.504 e. The molecule has 2 aromatic carbocycles. The van der Waals surface area contributed by atoms with Crippen molar-refractivity contribution in [2.75, 3.05) is 39.9 Å². The predicted octanol–water partition coefficient (Wildman–Crippen LogP) is 6.67. The lowest BCUT2D eigenvalue weighted by Crippen LogP contribution is -2.73. The van der Waals surface area contributed by atoms with Crippen molar-refractivity contribution in [1.29, 1.82) is 0 Å². The van der Waals surface area contributed by atoms with Crippen LogP contribution in [0.4, 0.5) is 0 Å². The smallest absolute Gasteiger partial charge is 0.302 e. The molecule has 2 saturated carbocycles. The summed E-state index contributed by atoms with van der Waals surface area (Å²) >= 11 is 0. The second-order valence-corrected chi connectivity index (χ2v) is 22.3. The number of pyridine rings is 1. The molecule has 5 aromatic rings. The number of esters is 1. The Labute approximate surface area is 461 Å². The van der Waals surface area contributed by atoms with E-state index in [4.69, 9.17) is 29.7 Å². The van der Waals surface area contributed by atoms with Gasteiger partial charge in [0.05, 0.1) is 41.6 Å². The van der Waals surface area contributed by atoms with Gasteiger partial charge in [0.15, 0.2) is 29.0 Å². The summed E-state index contributed by atoms with van der Waals surface area (Å²) in [4.78, 5) is 25.9. The van der Waals surface area contributed by atoms with Gasteiger partial charge in [0.1, 0.15) is 18.4 Å². The number of carbonyl (C=O) groups is 1. The number of aromatic hydroxyl groups is 3. The van der Waals surface area contributed by atoms with Crippen LogP contribution in [0, 0.1) is 41.4 Å². The second-order valence-electron chi connectivity index (χ2n) is 22.3. The number of rotatable bonds is 16. The molecule has 0 radical (unpaired) electrons. The van der Waals surface area contributed by atoms with Crippen LogP contribution >= 0.6 is 0 Å². The fourth-order valence-electron chi connectivity index (χ4n) is 13.7. The van der Waals surface area contributed by atoms with Gasteiger partial charge in [0.2, 0.25) is 5.75 Å². The molecule has 18 heteroatoms. The van der Waals surface area contributed by atoms with Crippen molar-refractivity contribution < 1.29 is 44.2 Å². The summed E-state index contributed by atoms with van der Waals surface area (Å²) in [5.41, 5.74) is 11.2. The molecular formula is C61H75N9O9. The van der Waals surface area contributed by atoms with Crippen molar-refractivity contribution in [2.45, 2.75) is 120 Å². The van der Waals surface area contributed by atoms with E-state index in [9.17, 15) is 25.2 Å². The Balaban J connectivity index is 0.978. The van der Waals surface area contributed by atoms with E-state index < -0.39 is 35.9 Å². The zero-order valence-corrected chi connectivity index (χ0v) is 45.1. The number of dihydropyridines is 1. The summed E-state index contributed by atoms with van der Waals surface area (Å²) in [6, 6.07) is 14.7. The first-order valence-electron chi connectivity index (χ1n) is 28.3. The molecule has 4 aliphatic heterocycles. The van der Waals surface area contributed by atoms with E-state index in [1.807, 2.05) is 43.6 Å². The SMILES string of the molecule is CNCC1C(n2cc3[nH]ccc3c2CCCO)NC(=NCCCC2=CCNC(N)=C2)NC12CCCC1Oc3cc(ccc3O)CC3C(C#CC12)CCC1C(OC(C)=O)CC(c2cc(O)c(O)c(OCCc4cccnc4)c2)OC31. The van der Waals surface area contributed by atoms with Crippen LogP contribution < -0.4 is 36.5 Å². The number of allylic oxidation sites excluding steroid dienone is 2. The third-order valence-corrected chi connectivity index (χ3v) is 17.3. The number of nitrogens with zero attached hydrogens (tertiary/aromatic N) is 3. The molecular weight excluding hydrogens is 1000 g/mol. The molecule has 7 heterocycles. The number of aromatic amines is 1. The molecule has 0 amide bonds. The molecule has 6 aliphatic rings. The summed E-state index contributed by atoms with van der Waals surface area (Å²) in [6.07, 6.45) is 17.5. The number of ether oxygens (including phenoxy) is 4. The number of nitrogens with two attached hydrogens (primary N) is 1. The van der Waals surface area contributed by atoms with Gasteiger partial charge in [-0.3, -0.25) is 14.8 Å². The molecule has 1 spiro atoms. The highest BCUT2D eigenvalue weighted by Crippen LogP contribution is 2.52. The molecule has 11 N–H and O–H groups in total. The summed E-state index contributed by atoms with van der Waals surface area (Å²) in [6.45, 7) is 3.59. The van der Waals surface area contributed by atoms with Crippen LogP contribution in [0.3, 0.4) is 0 Å². The average Bonchev–Trinajstić information content (AvgIpc) is 4.16. The summed E-state index contributed by atoms with van der Waals surface area (Å²) < 4.78 is 29.1. The van der Waals surface area contributed by atoms with Gasteiger partial charge in [-0.25, -0.2) is 0 Å². The Morgan fingerprint density at radius 3 is 2.77 bits per heavy atom. The molecule has 11 atom stereocenters. The van der Waals surface area contributed by atoms with Crippen molar-refractivity contribution >= 4 is 22.8 Å². The van der Waals surface area contributed by atoms with Gasteiger partial charge >= 0.3 is 5.97 Å². The Morgan fingerprint density at radius 1 is 1.05 bits per heavy atom. The van der Waals surface area contributed by atoms with E-state index in [1.165, 1.54) is 18.6 Å². The third-order valence-electron chi connectivity index (χ3n) is 17.3. The number of fused-ring (bicyclic) bond motifs is 8. The maximum Gasteiger partial charge on any atom is 0.302 e. The first-order valence-corrected chi connectivity index (χ1v) is 28.3. The number of aliphatic imine (C=N–C) groups is 1. The summed E-state index contributed by atoms with van der Waals surface area (Å²) in [5, 5.41) is 59.9. The highest BCUT2D eigenvalue weighted by molar-refractivity contribution is 5.84. The largest absolute Gasteiger partial charge is 0.504 e. The van der Waals surface area contributed by atoms with E-state index in [1.54, 1.807) is 24.5 Å². The topological polar surface area (TPSA) is 255 Å².